The molecule has 0 saturated carbocycles. The van der Waals surface area contributed by atoms with Crippen molar-refractivity contribution < 1.29 is 5.11 Å². The van der Waals surface area contributed by atoms with Crippen LogP contribution in [0.1, 0.15) is 5.56 Å². The monoisotopic (exact) mass is 186 g/mol. The molecule has 0 saturated heterocycles. The average Bonchev–Trinajstić information content (AvgIpc) is 2.09. The van der Waals surface area contributed by atoms with E-state index >= 15 is 0 Å². The maximum atomic E-state index is 11.2. The second-order valence-corrected chi connectivity index (χ2v) is 3.02. The number of nitrogens with one attached hydrogen (secondary N) is 1. The standard InChI is InChI=1S/C7H10N2O2S/c1-12-7-8-4-5(2-3-10)6(11)9-7/h4,10H,2-3H2,1H3,(H,8,9,11). The molecule has 0 unspecified atom stereocenters. The van der Waals surface area contributed by atoms with Gasteiger partial charge in [0.15, 0.2) is 5.16 Å². The van der Waals surface area contributed by atoms with E-state index in [1.165, 1.54) is 18.0 Å². The Labute approximate surface area is 74.0 Å². The Morgan fingerprint density at radius 1 is 1.75 bits per heavy atom. The van der Waals surface area contributed by atoms with E-state index in [4.69, 9.17) is 5.11 Å². The van der Waals surface area contributed by atoms with Gasteiger partial charge in [0.25, 0.3) is 5.56 Å². The van der Waals surface area contributed by atoms with Gasteiger partial charge in [-0.05, 0) is 6.26 Å². The van der Waals surface area contributed by atoms with Crippen LogP contribution in [0.3, 0.4) is 0 Å². The number of rotatable bonds is 3. The van der Waals surface area contributed by atoms with Crippen LogP contribution < -0.4 is 5.56 Å². The predicted octanol–water partition coefficient (Wildman–Crippen LogP) is 0.0266. The van der Waals surface area contributed by atoms with Crippen molar-refractivity contribution in [3.63, 3.8) is 0 Å². The highest BCUT2D eigenvalue weighted by atomic mass is 32.2. The first-order chi connectivity index (χ1) is 5.77. The van der Waals surface area contributed by atoms with E-state index in [1.54, 1.807) is 0 Å². The second kappa shape index (κ2) is 4.27. The van der Waals surface area contributed by atoms with Crippen LogP contribution in [0.4, 0.5) is 0 Å². The van der Waals surface area contributed by atoms with Gasteiger partial charge < -0.3 is 10.1 Å². The molecule has 1 aromatic heterocycles. The highest BCUT2D eigenvalue weighted by molar-refractivity contribution is 7.98. The van der Waals surface area contributed by atoms with E-state index in [-0.39, 0.29) is 12.2 Å². The maximum absolute atomic E-state index is 11.2. The molecule has 2 N–H and O–H groups in total. The SMILES string of the molecule is CSc1ncc(CCO)c(=O)[nH]1. The third-order valence-electron chi connectivity index (χ3n) is 1.42. The lowest BCUT2D eigenvalue weighted by Crippen LogP contribution is -2.15. The number of hydrogen-bond donors (Lipinski definition) is 2. The van der Waals surface area contributed by atoms with Gasteiger partial charge in [-0.3, -0.25) is 4.79 Å². The Balaban J connectivity index is 2.96. The molecular formula is C7H10N2O2S. The number of nitrogens with zero attached hydrogens (tertiary/aromatic N) is 1. The largest absolute Gasteiger partial charge is 0.396 e. The molecular weight excluding hydrogens is 176 g/mol. The first-order valence-electron chi connectivity index (χ1n) is 3.51. The zero-order valence-corrected chi connectivity index (χ0v) is 7.52. The van der Waals surface area contributed by atoms with E-state index in [0.717, 1.165) is 0 Å². The molecule has 0 spiro atoms. The van der Waals surface area contributed by atoms with Gasteiger partial charge in [0.05, 0.1) is 0 Å². The normalized spacial score (nSPS) is 10.2. The summed E-state index contributed by atoms with van der Waals surface area (Å²) in [5.41, 5.74) is 0.360. The topological polar surface area (TPSA) is 66.0 Å². The van der Waals surface area contributed by atoms with Crippen molar-refractivity contribution in [2.45, 2.75) is 11.6 Å². The number of aliphatic hydroxyl groups excluding tert-OH is 1. The molecule has 5 heteroatoms. The van der Waals surface area contributed by atoms with Crippen molar-refractivity contribution in [2.24, 2.45) is 0 Å². The van der Waals surface area contributed by atoms with E-state index in [9.17, 15) is 4.79 Å². The summed E-state index contributed by atoms with van der Waals surface area (Å²) in [5.74, 6) is 0. The molecule has 0 fully saturated rings. The molecule has 0 radical (unpaired) electrons. The van der Waals surface area contributed by atoms with Crippen LogP contribution >= 0.6 is 11.8 Å². The van der Waals surface area contributed by atoms with Gasteiger partial charge in [-0.2, -0.15) is 0 Å². The van der Waals surface area contributed by atoms with Crippen LogP contribution in [0.2, 0.25) is 0 Å². The second-order valence-electron chi connectivity index (χ2n) is 2.22. The van der Waals surface area contributed by atoms with Crippen LogP contribution in [-0.4, -0.2) is 27.9 Å². The minimum Gasteiger partial charge on any atom is -0.396 e. The minimum atomic E-state index is -0.164. The molecule has 4 nitrogen and oxygen atoms in total. The summed E-state index contributed by atoms with van der Waals surface area (Å²) < 4.78 is 0. The molecule has 0 aliphatic heterocycles. The van der Waals surface area contributed by atoms with Gasteiger partial charge in [-0.15, -0.1) is 0 Å². The van der Waals surface area contributed by atoms with Crippen LogP contribution in [0.15, 0.2) is 16.1 Å². The summed E-state index contributed by atoms with van der Waals surface area (Å²) in [6.07, 6.45) is 3.70. The molecule has 0 amide bonds. The number of thioether (sulfide) groups is 1. The maximum Gasteiger partial charge on any atom is 0.254 e. The number of H-pyrrole nitrogens is 1. The summed E-state index contributed by atoms with van der Waals surface area (Å²) in [6, 6.07) is 0. The molecule has 1 aromatic rings. The van der Waals surface area contributed by atoms with E-state index in [0.29, 0.717) is 17.1 Å². The molecule has 0 aliphatic carbocycles. The molecule has 0 atom stereocenters. The molecule has 0 aromatic carbocycles. The number of aromatic nitrogens is 2. The lowest BCUT2D eigenvalue weighted by Gasteiger charge is -1.97. The third kappa shape index (κ3) is 2.09. The van der Waals surface area contributed by atoms with E-state index in [1.807, 2.05) is 6.26 Å². The summed E-state index contributed by atoms with van der Waals surface area (Å²) in [5, 5.41) is 9.18. The number of hydrogen-bond acceptors (Lipinski definition) is 4. The van der Waals surface area contributed by atoms with Crippen LogP contribution in [0, 0.1) is 0 Å². The molecule has 0 aliphatic rings. The van der Waals surface area contributed by atoms with Gasteiger partial charge >= 0.3 is 0 Å². The van der Waals surface area contributed by atoms with Crippen molar-refractivity contribution >= 4 is 11.8 Å². The third-order valence-corrected chi connectivity index (χ3v) is 2.02. The lowest BCUT2D eigenvalue weighted by molar-refractivity contribution is 0.299. The van der Waals surface area contributed by atoms with Gasteiger partial charge in [0.1, 0.15) is 0 Å². The van der Waals surface area contributed by atoms with Crippen LogP contribution in [-0.2, 0) is 6.42 Å². The zero-order valence-electron chi connectivity index (χ0n) is 6.70. The Kier molecular flexibility index (Phi) is 3.31. The first kappa shape index (κ1) is 9.28. The van der Waals surface area contributed by atoms with Crippen LogP contribution in [0.5, 0.6) is 0 Å². The van der Waals surface area contributed by atoms with Gasteiger partial charge in [0, 0.05) is 24.8 Å². The molecule has 66 valence electrons. The zero-order chi connectivity index (χ0) is 8.97. The molecule has 0 bridgehead atoms. The summed E-state index contributed by atoms with van der Waals surface area (Å²) in [6.45, 7) is -0.0244. The van der Waals surface area contributed by atoms with Crippen molar-refractivity contribution in [3.8, 4) is 0 Å². The molecule has 1 heterocycles. The summed E-state index contributed by atoms with van der Waals surface area (Å²) in [4.78, 5) is 17.7. The van der Waals surface area contributed by atoms with Crippen molar-refractivity contribution in [3.05, 3.63) is 22.1 Å². The lowest BCUT2D eigenvalue weighted by atomic mass is 10.2. The van der Waals surface area contributed by atoms with Crippen molar-refractivity contribution in [1.29, 1.82) is 0 Å². The number of aromatic amines is 1. The fourth-order valence-electron chi connectivity index (χ4n) is 0.807. The highest BCUT2D eigenvalue weighted by Gasteiger charge is 2.00. The van der Waals surface area contributed by atoms with E-state index in [2.05, 4.69) is 9.97 Å². The Morgan fingerprint density at radius 3 is 3.00 bits per heavy atom. The molecule has 1 rings (SSSR count). The smallest absolute Gasteiger partial charge is 0.254 e. The Hall–Kier alpha value is -0.810. The van der Waals surface area contributed by atoms with Gasteiger partial charge in [0.2, 0.25) is 0 Å². The molecule has 12 heavy (non-hydrogen) atoms. The number of aliphatic hydroxyl groups is 1. The quantitative estimate of drug-likeness (QED) is 0.516. The summed E-state index contributed by atoms with van der Waals surface area (Å²) in [7, 11) is 0. The predicted molar refractivity (Wildman–Crippen MR) is 47.4 cm³/mol. The van der Waals surface area contributed by atoms with Gasteiger partial charge in [-0.25, -0.2) is 4.98 Å². The van der Waals surface area contributed by atoms with Gasteiger partial charge in [-0.1, -0.05) is 11.8 Å². The Morgan fingerprint density at radius 2 is 2.50 bits per heavy atom. The van der Waals surface area contributed by atoms with E-state index < -0.39 is 0 Å². The first-order valence-corrected chi connectivity index (χ1v) is 4.73. The van der Waals surface area contributed by atoms with Crippen molar-refractivity contribution in [2.75, 3.05) is 12.9 Å². The summed E-state index contributed by atoms with van der Waals surface area (Å²) >= 11 is 1.38. The Bertz CT molecular complexity index is 311. The minimum absolute atomic E-state index is 0.0244. The van der Waals surface area contributed by atoms with Crippen molar-refractivity contribution in [1.82, 2.24) is 9.97 Å². The fraction of sp³-hybridized carbons (Fsp3) is 0.429. The highest BCUT2D eigenvalue weighted by Crippen LogP contribution is 2.03. The average molecular weight is 186 g/mol. The fourth-order valence-corrected chi connectivity index (χ4v) is 1.16. The van der Waals surface area contributed by atoms with Crippen LogP contribution in [0.25, 0.3) is 0 Å².